The maximum Gasteiger partial charge on any atom is 0.266 e. The summed E-state index contributed by atoms with van der Waals surface area (Å²) in [7, 11) is 0. The zero-order valence-corrected chi connectivity index (χ0v) is 10.0. The van der Waals surface area contributed by atoms with Gasteiger partial charge in [0.1, 0.15) is 5.82 Å². The van der Waals surface area contributed by atoms with Gasteiger partial charge < -0.3 is 5.32 Å². The third kappa shape index (κ3) is 2.14. The van der Waals surface area contributed by atoms with E-state index in [1.54, 1.807) is 6.20 Å². The third-order valence-electron chi connectivity index (χ3n) is 2.30. The number of aryl methyl sites for hydroxylation is 2. The molecule has 5 heteroatoms. The Kier molecular flexibility index (Phi) is 3.05. The van der Waals surface area contributed by atoms with E-state index in [1.165, 1.54) is 11.3 Å². The summed E-state index contributed by atoms with van der Waals surface area (Å²) in [6, 6.07) is 3.77. The molecule has 2 rings (SSSR count). The van der Waals surface area contributed by atoms with Gasteiger partial charge in [0.15, 0.2) is 0 Å². The number of rotatable bonds is 3. The first-order chi connectivity index (χ1) is 7.70. The zero-order chi connectivity index (χ0) is 11.5. The second-order valence-corrected chi connectivity index (χ2v) is 4.78. The number of hydrogen-bond donors (Lipinski definition) is 2. The van der Waals surface area contributed by atoms with E-state index in [0.717, 1.165) is 16.9 Å². The summed E-state index contributed by atoms with van der Waals surface area (Å²) in [6.45, 7) is 4.00. The number of amides is 1. The maximum atomic E-state index is 11.8. The average Bonchev–Trinajstić information content (AvgIpc) is 2.86. The number of anilines is 1. The Morgan fingerprint density at radius 1 is 1.56 bits per heavy atom. The fourth-order valence-corrected chi connectivity index (χ4v) is 2.18. The summed E-state index contributed by atoms with van der Waals surface area (Å²) in [6.07, 6.45) is 2.57. The fraction of sp³-hybridized carbons (Fsp3) is 0.273. The molecule has 0 radical (unpaired) electrons. The van der Waals surface area contributed by atoms with Crippen LogP contribution in [0.2, 0.25) is 0 Å². The Morgan fingerprint density at radius 2 is 2.38 bits per heavy atom. The molecule has 0 unspecified atom stereocenters. The summed E-state index contributed by atoms with van der Waals surface area (Å²) in [5, 5.41) is 9.52. The van der Waals surface area contributed by atoms with Crippen molar-refractivity contribution in [1.29, 1.82) is 0 Å². The average molecular weight is 235 g/mol. The Labute approximate surface area is 97.7 Å². The highest BCUT2D eigenvalue weighted by Crippen LogP contribution is 2.18. The molecule has 1 amide bonds. The van der Waals surface area contributed by atoms with Crippen molar-refractivity contribution in [2.24, 2.45) is 0 Å². The third-order valence-corrected chi connectivity index (χ3v) is 3.30. The number of nitrogens with zero attached hydrogens (tertiary/aromatic N) is 1. The molecule has 0 saturated heterocycles. The largest absolute Gasteiger partial charge is 0.306 e. The lowest BCUT2D eigenvalue weighted by Crippen LogP contribution is -2.11. The molecule has 0 aliphatic carbocycles. The fourth-order valence-electron chi connectivity index (χ4n) is 1.42. The van der Waals surface area contributed by atoms with Crippen molar-refractivity contribution in [3.63, 3.8) is 0 Å². The van der Waals surface area contributed by atoms with Gasteiger partial charge >= 0.3 is 0 Å². The minimum atomic E-state index is -0.0861. The minimum absolute atomic E-state index is 0.0861. The van der Waals surface area contributed by atoms with E-state index in [2.05, 4.69) is 15.5 Å². The van der Waals surface area contributed by atoms with Crippen LogP contribution in [0.3, 0.4) is 0 Å². The molecule has 0 aliphatic rings. The Hall–Kier alpha value is -1.62. The molecule has 2 aromatic heterocycles. The molecule has 0 aromatic carbocycles. The second-order valence-electron chi connectivity index (χ2n) is 3.49. The van der Waals surface area contributed by atoms with Gasteiger partial charge in [-0.3, -0.25) is 9.89 Å². The minimum Gasteiger partial charge on any atom is -0.306 e. The van der Waals surface area contributed by atoms with Crippen LogP contribution in [0.25, 0.3) is 0 Å². The van der Waals surface area contributed by atoms with Gasteiger partial charge in [-0.1, -0.05) is 6.92 Å². The van der Waals surface area contributed by atoms with Gasteiger partial charge in [-0.05, 0) is 25.5 Å². The van der Waals surface area contributed by atoms with Crippen LogP contribution in [0.15, 0.2) is 18.3 Å². The van der Waals surface area contributed by atoms with Crippen LogP contribution in [0.5, 0.6) is 0 Å². The molecule has 2 aromatic rings. The SMILES string of the molecule is CCc1cn[nH]c1NC(=O)c1ccc(C)s1. The van der Waals surface area contributed by atoms with Crippen molar-refractivity contribution in [2.45, 2.75) is 20.3 Å². The molecule has 16 heavy (non-hydrogen) atoms. The molecule has 4 nitrogen and oxygen atoms in total. The van der Waals surface area contributed by atoms with Crippen molar-refractivity contribution in [2.75, 3.05) is 5.32 Å². The lowest BCUT2D eigenvalue weighted by molar-refractivity contribution is 0.103. The monoisotopic (exact) mass is 235 g/mol. The summed E-state index contributed by atoms with van der Waals surface area (Å²) >= 11 is 1.48. The van der Waals surface area contributed by atoms with Crippen LogP contribution in [0.4, 0.5) is 5.82 Å². The lowest BCUT2D eigenvalue weighted by Gasteiger charge is -2.02. The molecule has 0 aliphatic heterocycles. The van der Waals surface area contributed by atoms with Crippen molar-refractivity contribution in [3.8, 4) is 0 Å². The lowest BCUT2D eigenvalue weighted by atomic mass is 10.2. The van der Waals surface area contributed by atoms with Crippen LogP contribution in [0.1, 0.15) is 27.0 Å². The Morgan fingerprint density at radius 3 is 3.00 bits per heavy atom. The first-order valence-electron chi connectivity index (χ1n) is 5.10. The number of nitrogens with one attached hydrogen (secondary N) is 2. The van der Waals surface area contributed by atoms with Crippen molar-refractivity contribution < 1.29 is 4.79 Å². The Balaban J connectivity index is 2.13. The van der Waals surface area contributed by atoms with Crippen LogP contribution >= 0.6 is 11.3 Å². The van der Waals surface area contributed by atoms with Crippen LogP contribution in [-0.2, 0) is 6.42 Å². The molecule has 0 bridgehead atoms. The van der Waals surface area contributed by atoms with E-state index in [-0.39, 0.29) is 5.91 Å². The standard InChI is InChI=1S/C11H13N3OS/c1-3-8-6-12-14-10(8)13-11(15)9-5-4-7(2)16-9/h4-6H,3H2,1-2H3,(H2,12,13,14,15). The van der Waals surface area contributed by atoms with E-state index in [9.17, 15) is 4.79 Å². The number of carbonyl (C=O) groups excluding carboxylic acids is 1. The Bertz CT molecular complexity index is 501. The predicted molar refractivity (Wildman–Crippen MR) is 65.0 cm³/mol. The first kappa shape index (κ1) is 10.9. The molecule has 2 heterocycles. The normalized spacial score (nSPS) is 10.4. The summed E-state index contributed by atoms with van der Waals surface area (Å²) < 4.78 is 0. The van der Waals surface area contributed by atoms with Gasteiger partial charge in [-0.25, -0.2) is 0 Å². The number of aromatic nitrogens is 2. The van der Waals surface area contributed by atoms with E-state index in [0.29, 0.717) is 10.7 Å². The van der Waals surface area contributed by atoms with E-state index >= 15 is 0 Å². The topological polar surface area (TPSA) is 57.8 Å². The van der Waals surface area contributed by atoms with E-state index < -0.39 is 0 Å². The van der Waals surface area contributed by atoms with Gasteiger partial charge in [0.25, 0.3) is 5.91 Å². The summed E-state index contributed by atoms with van der Waals surface area (Å²) in [4.78, 5) is 13.7. The van der Waals surface area contributed by atoms with Gasteiger partial charge in [0, 0.05) is 10.4 Å². The molecule has 2 N–H and O–H groups in total. The summed E-state index contributed by atoms with van der Waals surface area (Å²) in [5.74, 6) is 0.607. The maximum absolute atomic E-state index is 11.8. The van der Waals surface area contributed by atoms with Gasteiger partial charge in [0.05, 0.1) is 11.1 Å². The molecule has 0 spiro atoms. The predicted octanol–water partition coefficient (Wildman–Crippen LogP) is 2.59. The first-order valence-corrected chi connectivity index (χ1v) is 5.92. The molecule has 0 fully saturated rings. The molecule has 0 atom stereocenters. The van der Waals surface area contributed by atoms with Crippen LogP contribution in [0, 0.1) is 6.92 Å². The molecule has 84 valence electrons. The number of thiophene rings is 1. The molecule has 0 saturated carbocycles. The molecular formula is C11H13N3OS. The van der Waals surface area contributed by atoms with Gasteiger partial charge in [0.2, 0.25) is 0 Å². The van der Waals surface area contributed by atoms with Crippen molar-refractivity contribution >= 4 is 23.1 Å². The zero-order valence-electron chi connectivity index (χ0n) is 9.20. The van der Waals surface area contributed by atoms with E-state index in [4.69, 9.17) is 0 Å². The highest BCUT2D eigenvalue weighted by atomic mass is 32.1. The molecular weight excluding hydrogens is 222 g/mol. The highest BCUT2D eigenvalue weighted by Gasteiger charge is 2.11. The highest BCUT2D eigenvalue weighted by molar-refractivity contribution is 7.14. The second kappa shape index (κ2) is 4.49. The number of hydrogen-bond acceptors (Lipinski definition) is 3. The number of H-pyrrole nitrogens is 1. The van der Waals surface area contributed by atoms with Gasteiger partial charge in [-0.15, -0.1) is 11.3 Å². The van der Waals surface area contributed by atoms with Crippen LogP contribution in [-0.4, -0.2) is 16.1 Å². The number of aromatic amines is 1. The van der Waals surface area contributed by atoms with E-state index in [1.807, 2.05) is 26.0 Å². The van der Waals surface area contributed by atoms with Crippen molar-refractivity contribution in [3.05, 3.63) is 33.6 Å². The number of carbonyl (C=O) groups is 1. The quantitative estimate of drug-likeness (QED) is 0.859. The van der Waals surface area contributed by atoms with Crippen LogP contribution < -0.4 is 5.32 Å². The summed E-state index contributed by atoms with van der Waals surface area (Å²) in [5.41, 5.74) is 1.02. The van der Waals surface area contributed by atoms with Crippen molar-refractivity contribution in [1.82, 2.24) is 10.2 Å². The van der Waals surface area contributed by atoms with Gasteiger partial charge in [-0.2, -0.15) is 5.10 Å². The smallest absolute Gasteiger partial charge is 0.266 e.